The minimum atomic E-state index is 0.465. The van der Waals surface area contributed by atoms with Crippen LogP contribution in [0.15, 0.2) is 18.2 Å². The van der Waals surface area contributed by atoms with E-state index in [4.69, 9.17) is 11.6 Å². The van der Waals surface area contributed by atoms with Crippen molar-refractivity contribution in [1.82, 2.24) is 5.32 Å². The molecule has 0 saturated carbocycles. The van der Waals surface area contributed by atoms with E-state index in [1.807, 2.05) is 0 Å². The van der Waals surface area contributed by atoms with Gasteiger partial charge in [0.1, 0.15) is 0 Å². The van der Waals surface area contributed by atoms with E-state index in [0.29, 0.717) is 12.1 Å². The predicted molar refractivity (Wildman–Crippen MR) is 81.6 cm³/mol. The van der Waals surface area contributed by atoms with Crippen LogP contribution in [0.1, 0.15) is 40.2 Å². The van der Waals surface area contributed by atoms with Crippen LogP contribution in [0, 0.1) is 0 Å². The summed E-state index contributed by atoms with van der Waals surface area (Å²) in [4.78, 5) is 2.31. The number of halogens is 1. The van der Waals surface area contributed by atoms with Crippen LogP contribution >= 0.6 is 11.6 Å². The lowest BCUT2D eigenvalue weighted by Crippen LogP contribution is -2.30. The molecule has 0 aliphatic rings. The second kappa shape index (κ2) is 7.01. The van der Waals surface area contributed by atoms with Gasteiger partial charge in [-0.3, -0.25) is 0 Å². The molecule has 0 radical (unpaired) electrons. The van der Waals surface area contributed by atoms with Crippen molar-refractivity contribution in [1.29, 1.82) is 0 Å². The first kappa shape index (κ1) is 15.3. The van der Waals surface area contributed by atoms with Crippen molar-refractivity contribution in [3.8, 4) is 0 Å². The summed E-state index contributed by atoms with van der Waals surface area (Å²) in [5.74, 6) is 0. The number of nitrogens with zero attached hydrogens (tertiary/aromatic N) is 1. The van der Waals surface area contributed by atoms with Crippen molar-refractivity contribution in [2.24, 2.45) is 0 Å². The predicted octanol–water partition coefficient (Wildman–Crippen LogP) is 4.07. The van der Waals surface area contributed by atoms with Crippen LogP contribution in [-0.2, 0) is 6.54 Å². The highest BCUT2D eigenvalue weighted by molar-refractivity contribution is 6.33. The summed E-state index contributed by atoms with van der Waals surface area (Å²) in [6.07, 6.45) is 0. The second-order valence-electron chi connectivity index (χ2n) is 5.20. The molecule has 0 aliphatic heterocycles. The maximum atomic E-state index is 6.39. The lowest BCUT2D eigenvalue weighted by molar-refractivity contribution is 0.589. The number of nitrogens with one attached hydrogen (secondary N) is 1. The first-order chi connectivity index (χ1) is 8.45. The van der Waals surface area contributed by atoms with E-state index < -0.39 is 0 Å². The standard InChI is InChI=1S/C15H25ClN2/c1-6-18(12(4)5)15-8-7-13(9-14(15)16)10-17-11(2)3/h7-9,11-12,17H,6,10H2,1-5H3. The molecule has 1 N–H and O–H groups in total. The quantitative estimate of drug-likeness (QED) is 0.837. The Hall–Kier alpha value is -0.730. The lowest BCUT2D eigenvalue weighted by Gasteiger charge is -2.28. The summed E-state index contributed by atoms with van der Waals surface area (Å²) >= 11 is 6.39. The average molecular weight is 269 g/mol. The number of hydrogen-bond donors (Lipinski definition) is 1. The largest absolute Gasteiger partial charge is 0.368 e. The van der Waals surface area contributed by atoms with Crippen LogP contribution < -0.4 is 10.2 Å². The van der Waals surface area contributed by atoms with E-state index in [1.165, 1.54) is 5.56 Å². The van der Waals surface area contributed by atoms with Crippen LogP contribution in [0.5, 0.6) is 0 Å². The molecular weight excluding hydrogens is 244 g/mol. The minimum Gasteiger partial charge on any atom is -0.368 e. The maximum absolute atomic E-state index is 6.39. The van der Waals surface area contributed by atoms with E-state index in [0.717, 1.165) is 23.8 Å². The zero-order valence-electron chi connectivity index (χ0n) is 12.1. The Labute approximate surface area is 116 Å². The number of hydrogen-bond acceptors (Lipinski definition) is 2. The first-order valence-electron chi connectivity index (χ1n) is 6.74. The first-order valence-corrected chi connectivity index (χ1v) is 7.12. The maximum Gasteiger partial charge on any atom is 0.0642 e. The molecule has 0 spiro atoms. The molecule has 0 saturated heterocycles. The number of rotatable bonds is 6. The van der Waals surface area contributed by atoms with Gasteiger partial charge in [-0.1, -0.05) is 31.5 Å². The molecule has 1 rings (SSSR count). The Bertz CT molecular complexity index is 375. The fraction of sp³-hybridized carbons (Fsp3) is 0.600. The van der Waals surface area contributed by atoms with Crippen LogP contribution in [0.3, 0.4) is 0 Å². The fourth-order valence-corrected chi connectivity index (χ4v) is 2.34. The van der Waals surface area contributed by atoms with Crippen molar-refractivity contribution < 1.29 is 0 Å². The SMILES string of the molecule is CCN(c1ccc(CNC(C)C)cc1Cl)C(C)C. The highest BCUT2D eigenvalue weighted by Gasteiger charge is 2.12. The van der Waals surface area contributed by atoms with Crippen LogP contribution in [-0.4, -0.2) is 18.6 Å². The van der Waals surface area contributed by atoms with Gasteiger partial charge in [0, 0.05) is 25.2 Å². The number of benzene rings is 1. The third-order valence-corrected chi connectivity index (χ3v) is 3.30. The molecule has 0 amide bonds. The van der Waals surface area contributed by atoms with Gasteiger partial charge in [-0.25, -0.2) is 0 Å². The third kappa shape index (κ3) is 4.18. The van der Waals surface area contributed by atoms with Crippen molar-refractivity contribution >= 4 is 17.3 Å². The molecule has 102 valence electrons. The summed E-state index contributed by atoms with van der Waals surface area (Å²) in [5, 5.41) is 4.24. The summed E-state index contributed by atoms with van der Waals surface area (Å²) < 4.78 is 0. The van der Waals surface area contributed by atoms with Crippen LogP contribution in [0.25, 0.3) is 0 Å². The monoisotopic (exact) mass is 268 g/mol. The Morgan fingerprint density at radius 2 is 1.89 bits per heavy atom. The molecule has 2 nitrogen and oxygen atoms in total. The highest BCUT2D eigenvalue weighted by atomic mass is 35.5. The fourth-order valence-electron chi connectivity index (χ4n) is 2.03. The third-order valence-electron chi connectivity index (χ3n) is 3.00. The normalized spacial score (nSPS) is 11.3. The van der Waals surface area contributed by atoms with Crippen molar-refractivity contribution in [3.63, 3.8) is 0 Å². The molecule has 1 aromatic rings. The van der Waals surface area contributed by atoms with Gasteiger partial charge in [0.15, 0.2) is 0 Å². The van der Waals surface area contributed by atoms with Gasteiger partial charge >= 0.3 is 0 Å². The average Bonchev–Trinajstić information content (AvgIpc) is 2.29. The molecular formula is C15H25ClN2. The molecule has 0 atom stereocenters. The molecule has 0 unspecified atom stereocenters. The van der Waals surface area contributed by atoms with Gasteiger partial charge < -0.3 is 10.2 Å². The van der Waals surface area contributed by atoms with Crippen molar-refractivity contribution in [2.45, 2.75) is 53.2 Å². The van der Waals surface area contributed by atoms with E-state index in [9.17, 15) is 0 Å². The lowest BCUT2D eigenvalue weighted by atomic mass is 10.1. The second-order valence-corrected chi connectivity index (χ2v) is 5.61. The Balaban J connectivity index is 2.85. The Morgan fingerprint density at radius 3 is 2.33 bits per heavy atom. The van der Waals surface area contributed by atoms with Gasteiger partial charge in [0.25, 0.3) is 0 Å². The molecule has 18 heavy (non-hydrogen) atoms. The molecule has 1 aromatic carbocycles. The summed E-state index contributed by atoms with van der Waals surface area (Å²) in [7, 11) is 0. The molecule has 3 heteroatoms. The van der Waals surface area contributed by atoms with Gasteiger partial charge in [0.05, 0.1) is 10.7 Å². The van der Waals surface area contributed by atoms with E-state index in [-0.39, 0.29) is 0 Å². The Morgan fingerprint density at radius 1 is 1.22 bits per heavy atom. The minimum absolute atomic E-state index is 0.465. The zero-order chi connectivity index (χ0) is 13.7. The van der Waals surface area contributed by atoms with Gasteiger partial charge in [-0.15, -0.1) is 0 Å². The molecule has 0 heterocycles. The molecule has 0 aliphatic carbocycles. The van der Waals surface area contributed by atoms with E-state index in [1.54, 1.807) is 0 Å². The summed E-state index contributed by atoms with van der Waals surface area (Å²) in [6, 6.07) is 7.31. The Kier molecular flexibility index (Phi) is 5.97. The van der Waals surface area contributed by atoms with Crippen molar-refractivity contribution in [3.05, 3.63) is 28.8 Å². The molecule has 0 bridgehead atoms. The smallest absolute Gasteiger partial charge is 0.0642 e. The van der Waals surface area contributed by atoms with Crippen LogP contribution in [0.4, 0.5) is 5.69 Å². The topological polar surface area (TPSA) is 15.3 Å². The molecule has 0 aromatic heterocycles. The number of anilines is 1. The zero-order valence-corrected chi connectivity index (χ0v) is 12.9. The summed E-state index contributed by atoms with van der Waals surface area (Å²) in [6.45, 7) is 12.7. The highest BCUT2D eigenvalue weighted by Crippen LogP contribution is 2.28. The van der Waals surface area contributed by atoms with Crippen molar-refractivity contribution in [2.75, 3.05) is 11.4 Å². The van der Waals surface area contributed by atoms with E-state index >= 15 is 0 Å². The summed E-state index contributed by atoms with van der Waals surface area (Å²) in [5.41, 5.74) is 2.36. The van der Waals surface area contributed by atoms with Gasteiger partial charge in [-0.05, 0) is 38.5 Å². The van der Waals surface area contributed by atoms with E-state index in [2.05, 4.69) is 63.0 Å². The van der Waals surface area contributed by atoms with Gasteiger partial charge in [0.2, 0.25) is 0 Å². The van der Waals surface area contributed by atoms with Crippen LogP contribution in [0.2, 0.25) is 5.02 Å². The molecule has 0 fully saturated rings. The van der Waals surface area contributed by atoms with Gasteiger partial charge in [-0.2, -0.15) is 0 Å².